The van der Waals surface area contributed by atoms with E-state index in [0.717, 1.165) is 114 Å². The van der Waals surface area contributed by atoms with E-state index in [9.17, 15) is 45.6 Å². The van der Waals surface area contributed by atoms with Crippen LogP contribution in [0.5, 0.6) is 0 Å². The van der Waals surface area contributed by atoms with E-state index in [4.69, 9.17) is 27.9 Å². The van der Waals surface area contributed by atoms with E-state index in [2.05, 4.69) is 26.2 Å². The zero-order valence-corrected chi connectivity index (χ0v) is 45.9. The quantitative estimate of drug-likeness (QED) is 0.0473. The van der Waals surface area contributed by atoms with Gasteiger partial charge in [-0.15, -0.1) is 22.7 Å². The number of urea groups is 2. The molecular weight excluding hydrogens is 1110 g/mol. The second kappa shape index (κ2) is 23.0. The Morgan fingerprint density at radius 3 is 1.69 bits per heavy atom. The first-order valence-electron chi connectivity index (χ1n) is 23.9. The number of aryl methyl sites for hydroxylation is 2. The van der Waals surface area contributed by atoms with Crippen LogP contribution in [-0.4, -0.2) is 103 Å². The minimum atomic E-state index is -4.10. The van der Waals surface area contributed by atoms with Crippen molar-refractivity contribution in [1.82, 2.24) is 14.3 Å². The van der Waals surface area contributed by atoms with Crippen molar-refractivity contribution in [2.75, 3.05) is 77.0 Å². The van der Waals surface area contributed by atoms with Gasteiger partial charge in [0.2, 0.25) is 11.8 Å². The maximum Gasteiger partial charge on any atom is 0.333 e. The minimum absolute atomic E-state index is 0.0663. The monoisotopic (exact) mass is 1160 g/mol. The Balaban J connectivity index is 0.000000191. The van der Waals surface area contributed by atoms with Crippen molar-refractivity contribution >= 4 is 136 Å². The molecule has 402 valence electrons. The van der Waals surface area contributed by atoms with Gasteiger partial charge in [0.05, 0.1) is 47.5 Å². The van der Waals surface area contributed by atoms with Crippen molar-refractivity contribution in [1.29, 1.82) is 0 Å². The van der Waals surface area contributed by atoms with Gasteiger partial charge in [0, 0.05) is 69.8 Å². The van der Waals surface area contributed by atoms with Crippen LogP contribution in [0.1, 0.15) is 53.6 Å². The number of imide groups is 2. The highest BCUT2D eigenvalue weighted by molar-refractivity contribution is 7.92. The molecule has 20 nitrogen and oxygen atoms in total. The van der Waals surface area contributed by atoms with Crippen LogP contribution in [0.15, 0.2) is 99.4 Å². The first-order chi connectivity index (χ1) is 36.7. The Morgan fingerprint density at radius 1 is 0.649 bits per heavy atom. The molecule has 0 radical (unpaired) electrons. The molecule has 0 spiro atoms. The van der Waals surface area contributed by atoms with Crippen LogP contribution < -0.4 is 40.5 Å². The molecule has 6 aromatic rings. The van der Waals surface area contributed by atoms with Crippen LogP contribution in [0.4, 0.5) is 43.7 Å². The summed E-state index contributed by atoms with van der Waals surface area (Å²) < 4.78 is 58.8. The Bertz CT molecular complexity index is 3530. The Hall–Kier alpha value is -6.90. The Kier molecular flexibility index (Phi) is 16.4. The van der Waals surface area contributed by atoms with E-state index in [1.807, 2.05) is 27.6 Å². The van der Waals surface area contributed by atoms with Crippen molar-refractivity contribution < 1.29 is 50.3 Å². The second-order valence-electron chi connectivity index (χ2n) is 18.0. The molecule has 4 aliphatic rings. The number of morpholine rings is 1. The Morgan fingerprint density at radius 2 is 1.16 bits per heavy atom. The molecular formula is C51H49Cl2N9O11S4. The maximum absolute atomic E-state index is 13.3. The van der Waals surface area contributed by atoms with E-state index in [1.165, 1.54) is 60.7 Å². The molecule has 4 aromatic carbocycles. The zero-order valence-electron chi connectivity index (χ0n) is 41.2. The number of nitrogens with one attached hydrogen (secondary N) is 6. The Labute approximate surface area is 461 Å². The van der Waals surface area contributed by atoms with Gasteiger partial charge in [0.1, 0.15) is 8.42 Å². The van der Waals surface area contributed by atoms with Crippen molar-refractivity contribution in [2.45, 2.75) is 47.9 Å². The van der Waals surface area contributed by atoms with E-state index in [-0.39, 0.29) is 44.4 Å². The molecule has 8 amide bonds. The zero-order chi connectivity index (χ0) is 54.8. The van der Waals surface area contributed by atoms with Gasteiger partial charge in [-0.2, -0.15) is 0 Å². The number of ether oxygens (including phenoxy) is 1. The van der Waals surface area contributed by atoms with Gasteiger partial charge in [-0.1, -0.05) is 23.2 Å². The molecule has 26 heteroatoms. The molecule has 1 fully saturated rings. The van der Waals surface area contributed by atoms with Gasteiger partial charge in [0.25, 0.3) is 31.9 Å². The molecule has 0 unspecified atom stereocenters. The molecule has 0 saturated carbocycles. The summed E-state index contributed by atoms with van der Waals surface area (Å²) in [5.41, 5.74) is 6.47. The number of carbonyl (C=O) groups is 6. The third-order valence-corrected chi connectivity index (χ3v) is 19.5. The number of sulfonamides is 2. The number of rotatable bonds is 13. The van der Waals surface area contributed by atoms with E-state index >= 15 is 0 Å². The normalized spacial score (nSPS) is 15.4. The SMILES string of the molecule is Cc1sc(S(=O)(=O)NC(=O)Nc2ccc(N3C(=O)Cc4c(ccc5c4CCN5)C3=O)cc2)cc1Cl.Cc1sc(S(=O)(=O)NC(=O)Nc2ccc(N3C(=O)Cc4cc(NCCCN5CCOCC5)ccc4C3=O)cc2)cc1Cl. The molecule has 0 aliphatic carbocycles. The highest BCUT2D eigenvalue weighted by Crippen LogP contribution is 2.35. The molecule has 6 N–H and O–H groups in total. The average molecular weight is 1160 g/mol. The van der Waals surface area contributed by atoms with Crippen molar-refractivity contribution in [2.24, 2.45) is 0 Å². The highest BCUT2D eigenvalue weighted by Gasteiger charge is 2.36. The van der Waals surface area contributed by atoms with Gasteiger partial charge < -0.3 is 26.0 Å². The van der Waals surface area contributed by atoms with Crippen molar-refractivity contribution in [3.05, 3.63) is 139 Å². The molecule has 6 heterocycles. The number of hydrogen-bond donors (Lipinski definition) is 6. The number of nitrogens with zero attached hydrogens (tertiary/aromatic N) is 3. The predicted octanol–water partition coefficient (Wildman–Crippen LogP) is 8.00. The van der Waals surface area contributed by atoms with Crippen LogP contribution in [0.2, 0.25) is 10.0 Å². The summed E-state index contributed by atoms with van der Waals surface area (Å²) in [5, 5.41) is 12.1. The number of halogens is 2. The largest absolute Gasteiger partial charge is 0.385 e. The summed E-state index contributed by atoms with van der Waals surface area (Å²) in [6.07, 6.45) is 1.93. The van der Waals surface area contributed by atoms with Gasteiger partial charge in [0.15, 0.2) is 0 Å². The molecule has 4 aliphatic heterocycles. The number of benzene rings is 4. The number of fused-ring (bicyclic) bond motifs is 4. The minimum Gasteiger partial charge on any atom is -0.385 e. The van der Waals surface area contributed by atoms with E-state index < -0.39 is 43.9 Å². The fourth-order valence-corrected chi connectivity index (χ4v) is 14.1. The van der Waals surface area contributed by atoms with Crippen molar-refractivity contribution in [3.8, 4) is 0 Å². The lowest BCUT2D eigenvalue weighted by Gasteiger charge is -2.28. The number of hydrogen-bond acceptors (Lipinski definition) is 16. The lowest BCUT2D eigenvalue weighted by Crippen LogP contribution is -2.42. The standard InChI is InChI=1S/C28H30ClN5O6S2.C23H19ClN4O5S2/c1-18-24(29)17-26(41-18)42(38,39)32-28(37)31-20-3-6-22(7-4-20)34-25(35)16-19-15-21(5-8-23(19)27(34)36)30-9-2-10-33-11-13-40-14-12-33;1-12-18(24)11-21(34-12)35(32,33)27-23(31)26-13-2-4-14(5-3-13)28-20(29)10-17-15-8-9-25-19(15)7-6-16(17)22(28)30/h3-8,15,17,30H,2,9-14,16H2,1H3,(H2,31,32,37);2-7,11,25H,8-10H2,1H3,(H2,26,27,31). The summed E-state index contributed by atoms with van der Waals surface area (Å²) >= 11 is 13.8. The maximum atomic E-state index is 13.3. The van der Waals surface area contributed by atoms with Crippen LogP contribution in [0, 0.1) is 13.8 Å². The van der Waals surface area contributed by atoms with Crippen LogP contribution in [-0.2, 0) is 53.6 Å². The van der Waals surface area contributed by atoms with Crippen LogP contribution >= 0.6 is 45.9 Å². The summed E-state index contributed by atoms with van der Waals surface area (Å²) in [4.78, 5) is 82.7. The molecule has 2 aromatic heterocycles. The summed E-state index contributed by atoms with van der Waals surface area (Å²) in [5.74, 6) is -1.54. The molecule has 10 rings (SSSR count). The van der Waals surface area contributed by atoms with Crippen LogP contribution in [0.25, 0.3) is 0 Å². The van der Waals surface area contributed by atoms with Crippen LogP contribution in [0.3, 0.4) is 0 Å². The van der Waals surface area contributed by atoms with Gasteiger partial charge >= 0.3 is 12.1 Å². The first-order valence-corrected chi connectivity index (χ1v) is 29.3. The second-order valence-corrected chi connectivity index (χ2v) is 25.1. The molecule has 77 heavy (non-hydrogen) atoms. The number of thiophene rings is 2. The smallest absolute Gasteiger partial charge is 0.333 e. The third-order valence-electron chi connectivity index (χ3n) is 12.8. The summed E-state index contributed by atoms with van der Waals surface area (Å²) in [6.45, 7) is 9.33. The number of carbonyl (C=O) groups excluding carboxylic acids is 6. The number of amides is 8. The van der Waals surface area contributed by atoms with Gasteiger partial charge in [-0.05, 0) is 141 Å². The average Bonchev–Trinajstić information content (AvgIpc) is 4.12. The molecule has 0 bridgehead atoms. The van der Waals surface area contributed by atoms with Crippen molar-refractivity contribution in [3.63, 3.8) is 0 Å². The lowest BCUT2D eigenvalue weighted by molar-refractivity contribution is -0.118. The summed E-state index contributed by atoms with van der Waals surface area (Å²) in [7, 11) is -8.18. The van der Waals surface area contributed by atoms with Gasteiger partial charge in [-0.3, -0.25) is 24.1 Å². The topological polar surface area (TPSA) is 262 Å². The fourth-order valence-electron chi connectivity index (χ4n) is 8.93. The highest BCUT2D eigenvalue weighted by atomic mass is 35.5. The summed E-state index contributed by atoms with van der Waals surface area (Å²) in [6, 6.07) is 21.6. The predicted molar refractivity (Wildman–Crippen MR) is 296 cm³/mol. The molecule has 1 saturated heterocycles. The van der Waals surface area contributed by atoms with E-state index in [1.54, 1.807) is 26.0 Å². The lowest BCUT2D eigenvalue weighted by atomic mass is 9.91. The number of anilines is 6. The first kappa shape index (κ1) is 54.9. The third kappa shape index (κ3) is 12.4. The fraction of sp³-hybridized carbons (Fsp3) is 0.255. The van der Waals surface area contributed by atoms with Gasteiger partial charge in [-0.25, -0.2) is 45.7 Å². The van der Waals surface area contributed by atoms with E-state index in [0.29, 0.717) is 47.9 Å². The molecule has 0 atom stereocenters.